The molecule has 4 rings (SSSR count). The third kappa shape index (κ3) is 3.24. The molecule has 0 aliphatic rings. The van der Waals surface area contributed by atoms with Gasteiger partial charge in [-0.3, -0.25) is 14.7 Å². The highest BCUT2D eigenvalue weighted by atomic mass is 19.2. The van der Waals surface area contributed by atoms with Crippen LogP contribution in [-0.2, 0) is 11.3 Å². The Morgan fingerprint density at radius 1 is 1.17 bits per heavy atom. The van der Waals surface area contributed by atoms with E-state index in [-0.39, 0.29) is 24.4 Å². The van der Waals surface area contributed by atoms with Crippen LogP contribution in [0.15, 0.2) is 41.3 Å². The minimum absolute atomic E-state index is 0.0324. The van der Waals surface area contributed by atoms with Crippen LogP contribution in [0.5, 0.6) is 0 Å². The Morgan fingerprint density at radius 2 is 1.93 bits per heavy atom. The minimum Gasteiger partial charge on any atom is -0.481 e. The summed E-state index contributed by atoms with van der Waals surface area (Å²) in [5, 5.41) is 17.7. The summed E-state index contributed by atoms with van der Waals surface area (Å²) >= 11 is 0. The van der Waals surface area contributed by atoms with Crippen molar-refractivity contribution in [1.29, 1.82) is 0 Å². The molecule has 0 spiro atoms. The Hall–Kier alpha value is -3.55. The number of aromatic amines is 1. The average Bonchev–Trinajstić information content (AvgIpc) is 3.15. The number of carboxylic acids is 1. The topological polar surface area (TPSA) is 88.0 Å². The van der Waals surface area contributed by atoms with Gasteiger partial charge in [0.15, 0.2) is 11.6 Å². The maximum absolute atomic E-state index is 14.1. The zero-order chi connectivity index (χ0) is 21.6. The van der Waals surface area contributed by atoms with Gasteiger partial charge < -0.3 is 9.67 Å². The molecule has 0 aliphatic heterocycles. The first kappa shape index (κ1) is 19.8. The van der Waals surface area contributed by atoms with Gasteiger partial charge in [-0.1, -0.05) is 19.9 Å². The predicted octanol–water partition coefficient (Wildman–Crippen LogP) is 4.42. The molecule has 8 heteroatoms. The van der Waals surface area contributed by atoms with E-state index in [0.29, 0.717) is 33.1 Å². The number of aromatic nitrogens is 3. The van der Waals surface area contributed by atoms with Crippen molar-refractivity contribution in [3.63, 3.8) is 0 Å². The molecule has 0 radical (unpaired) electrons. The molecule has 154 valence electrons. The van der Waals surface area contributed by atoms with Crippen molar-refractivity contribution in [1.82, 2.24) is 14.8 Å². The number of pyridine rings is 1. The molecule has 6 nitrogen and oxygen atoms in total. The van der Waals surface area contributed by atoms with E-state index < -0.39 is 17.6 Å². The fourth-order valence-electron chi connectivity index (χ4n) is 3.89. The smallest absolute Gasteiger partial charge is 0.305 e. The lowest BCUT2D eigenvalue weighted by Gasteiger charge is -2.22. The van der Waals surface area contributed by atoms with Gasteiger partial charge in [-0.15, -0.1) is 0 Å². The second-order valence-corrected chi connectivity index (χ2v) is 7.50. The van der Waals surface area contributed by atoms with Crippen LogP contribution in [0.2, 0.25) is 0 Å². The summed E-state index contributed by atoms with van der Waals surface area (Å²) in [4.78, 5) is 24.5. The molecule has 0 aliphatic carbocycles. The van der Waals surface area contributed by atoms with Crippen LogP contribution in [-0.4, -0.2) is 25.8 Å². The molecule has 0 saturated heterocycles. The second-order valence-electron chi connectivity index (χ2n) is 7.50. The molecule has 30 heavy (non-hydrogen) atoms. The van der Waals surface area contributed by atoms with Crippen molar-refractivity contribution in [3.8, 4) is 11.1 Å². The first-order valence-electron chi connectivity index (χ1n) is 9.48. The van der Waals surface area contributed by atoms with E-state index in [1.807, 2.05) is 13.8 Å². The van der Waals surface area contributed by atoms with Gasteiger partial charge in [0.25, 0.3) is 5.56 Å². The molecule has 2 N–H and O–H groups in total. The molecule has 0 saturated carbocycles. The Labute approximate surface area is 169 Å². The van der Waals surface area contributed by atoms with Crippen molar-refractivity contribution in [2.24, 2.45) is 0 Å². The van der Waals surface area contributed by atoms with Crippen molar-refractivity contribution in [2.45, 2.75) is 32.7 Å². The zero-order valence-electron chi connectivity index (χ0n) is 16.4. The highest BCUT2D eigenvalue weighted by Gasteiger charge is 2.22. The molecule has 2 aromatic heterocycles. The summed E-state index contributed by atoms with van der Waals surface area (Å²) < 4.78 is 29.1. The monoisotopic (exact) mass is 411 g/mol. The van der Waals surface area contributed by atoms with Crippen molar-refractivity contribution in [3.05, 3.63) is 64.2 Å². The normalized spacial score (nSPS) is 11.6. The van der Waals surface area contributed by atoms with Gasteiger partial charge in [0.1, 0.15) is 0 Å². The Morgan fingerprint density at radius 3 is 2.60 bits per heavy atom. The van der Waals surface area contributed by atoms with Crippen LogP contribution in [0, 0.1) is 11.6 Å². The summed E-state index contributed by atoms with van der Waals surface area (Å²) in [7, 11) is 0. The van der Waals surface area contributed by atoms with Crippen LogP contribution in [0.4, 0.5) is 8.78 Å². The van der Waals surface area contributed by atoms with Crippen LogP contribution in [0.25, 0.3) is 32.8 Å². The van der Waals surface area contributed by atoms with Gasteiger partial charge in [-0.05, 0) is 41.1 Å². The number of hydrogen-bond acceptors (Lipinski definition) is 3. The van der Waals surface area contributed by atoms with Crippen molar-refractivity contribution < 1.29 is 18.7 Å². The SMILES string of the molecule is CC(C)c1c(-c2ccc(F)c(F)c2)c2cc3cn[nH]c3cc2c(=O)n1CCC(=O)O. The number of carboxylic acid groups (broad SMARTS) is 1. The lowest BCUT2D eigenvalue weighted by atomic mass is 9.91. The molecule has 0 fully saturated rings. The molecular formula is C22H19F2N3O3. The lowest BCUT2D eigenvalue weighted by molar-refractivity contribution is -0.137. The Balaban J connectivity index is 2.17. The molecule has 0 bridgehead atoms. The molecule has 0 atom stereocenters. The van der Waals surface area contributed by atoms with E-state index in [2.05, 4.69) is 10.2 Å². The van der Waals surface area contributed by atoms with E-state index in [9.17, 15) is 18.4 Å². The highest BCUT2D eigenvalue weighted by Crippen LogP contribution is 2.36. The number of H-pyrrole nitrogens is 1. The van der Waals surface area contributed by atoms with E-state index >= 15 is 0 Å². The van der Waals surface area contributed by atoms with E-state index in [0.717, 1.165) is 17.5 Å². The minimum atomic E-state index is -1.03. The van der Waals surface area contributed by atoms with Crippen molar-refractivity contribution >= 4 is 27.6 Å². The first-order chi connectivity index (χ1) is 14.3. The number of hydrogen-bond donors (Lipinski definition) is 2. The number of rotatable bonds is 5. The summed E-state index contributed by atoms with van der Waals surface area (Å²) in [6.45, 7) is 3.71. The quantitative estimate of drug-likeness (QED) is 0.509. The Bertz CT molecular complexity index is 1360. The third-order valence-electron chi connectivity index (χ3n) is 5.17. The molecule has 4 aromatic rings. The number of aliphatic carboxylic acids is 1. The van der Waals surface area contributed by atoms with Gasteiger partial charge in [-0.25, -0.2) is 8.78 Å². The van der Waals surface area contributed by atoms with E-state index in [1.165, 1.54) is 10.6 Å². The first-order valence-corrected chi connectivity index (χ1v) is 9.48. The van der Waals surface area contributed by atoms with Gasteiger partial charge >= 0.3 is 5.97 Å². The van der Waals surface area contributed by atoms with Crippen LogP contribution in [0.1, 0.15) is 31.9 Å². The van der Waals surface area contributed by atoms with Gasteiger partial charge in [0, 0.05) is 28.6 Å². The molecule has 0 unspecified atom stereocenters. The third-order valence-corrected chi connectivity index (χ3v) is 5.17. The number of nitrogens with zero attached hydrogens (tertiary/aromatic N) is 2. The number of fused-ring (bicyclic) bond motifs is 2. The fraction of sp³-hybridized carbons (Fsp3) is 0.227. The van der Waals surface area contributed by atoms with Crippen LogP contribution < -0.4 is 5.56 Å². The predicted molar refractivity (Wildman–Crippen MR) is 110 cm³/mol. The van der Waals surface area contributed by atoms with Gasteiger partial charge in [0.2, 0.25) is 0 Å². The largest absolute Gasteiger partial charge is 0.481 e. The maximum Gasteiger partial charge on any atom is 0.305 e. The highest BCUT2D eigenvalue weighted by molar-refractivity contribution is 6.04. The number of benzene rings is 2. The molecule has 2 heterocycles. The summed E-state index contributed by atoms with van der Waals surface area (Å²) in [5.41, 5.74) is 1.87. The van der Waals surface area contributed by atoms with E-state index in [4.69, 9.17) is 5.11 Å². The van der Waals surface area contributed by atoms with Crippen LogP contribution >= 0.6 is 0 Å². The second kappa shape index (κ2) is 7.37. The van der Waals surface area contributed by atoms with Crippen molar-refractivity contribution in [2.75, 3.05) is 0 Å². The lowest BCUT2D eigenvalue weighted by Crippen LogP contribution is -2.27. The number of nitrogens with one attached hydrogen (secondary N) is 1. The zero-order valence-corrected chi connectivity index (χ0v) is 16.4. The van der Waals surface area contributed by atoms with E-state index in [1.54, 1.807) is 18.3 Å². The fourth-order valence-corrected chi connectivity index (χ4v) is 3.89. The molecular weight excluding hydrogens is 392 g/mol. The Kier molecular flexibility index (Phi) is 4.85. The summed E-state index contributed by atoms with van der Waals surface area (Å²) in [5.74, 6) is -3.18. The molecule has 2 aromatic carbocycles. The average molecular weight is 411 g/mol. The maximum atomic E-state index is 14.1. The number of carbonyl (C=O) groups is 1. The van der Waals surface area contributed by atoms with Gasteiger partial charge in [-0.2, -0.15) is 5.10 Å². The van der Waals surface area contributed by atoms with Crippen LogP contribution in [0.3, 0.4) is 0 Å². The van der Waals surface area contributed by atoms with Gasteiger partial charge in [0.05, 0.1) is 18.1 Å². The molecule has 0 amide bonds. The summed E-state index contributed by atoms with van der Waals surface area (Å²) in [6, 6.07) is 7.06. The number of halogens is 2. The summed E-state index contributed by atoms with van der Waals surface area (Å²) in [6.07, 6.45) is 1.38. The standard InChI is InChI=1S/C22H19F2N3O3/c1-11(2)21-20(12-3-4-16(23)17(24)8-12)14-7-13-10-25-26-18(13)9-15(14)22(30)27(21)6-5-19(28)29/h3-4,7-11H,5-6H2,1-2H3,(H,25,26)(H,28,29).